The van der Waals surface area contributed by atoms with Crippen molar-refractivity contribution in [3.05, 3.63) is 0 Å². The first-order valence-electron chi connectivity index (χ1n) is 4.08. The highest BCUT2D eigenvalue weighted by molar-refractivity contribution is 4.58. The second-order valence-corrected chi connectivity index (χ2v) is 2.98. The molecule has 2 unspecified atom stereocenters. The highest BCUT2D eigenvalue weighted by Gasteiger charge is 2.03. The molecule has 2 atom stereocenters. The van der Waals surface area contributed by atoms with Crippen LogP contribution in [0.3, 0.4) is 0 Å². The summed E-state index contributed by atoms with van der Waals surface area (Å²) in [5, 5.41) is 9.16. The van der Waals surface area contributed by atoms with Gasteiger partial charge in [-0.05, 0) is 31.7 Å². The molecule has 2 heteroatoms. The van der Waals surface area contributed by atoms with E-state index in [2.05, 4.69) is 6.92 Å². The lowest BCUT2D eigenvalue weighted by Gasteiger charge is -2.10. The van der Waals surface area contributed by atoms with Crippen molar-refractivity contribution in [2.45, 2.75) is 39.2 Å². The van der Waals surface area contributed by atoms with Crippen LogP contribution in [0.25, 0.3) is 0 Å². The summed E-state index contributed by atoms with van der Waals surface area (Å²) >= 11 is 0. The van der Waals surface area contributed by atoms with Crippen LogP contribution < -0.4 is 5.73 Å². The van der Waals surface area contributed by atoms with Gasteiger partial charge in [0.1, 0.15) is 0 Å². The summed E-state index contributed by atoms with van der Waals surface area (Å²) in [5.74, 6) is 0.557. The number of nitrogens with two attached hydrogens (primary N) is 1. The van der Waals surface area contributed by atoms with Crippen LogP contribution in [0, 0.1) is 5.92 Å². The Bertz CT molecular complexity index is 65.7. The lowest BCUT2D eigenvalue weighted by Crippen LogP contribution is -2.13. The molecule has 0 aromatic rings. The zero-order valence-electron chi connectivity index (χ0n) is 7.01. The van der Waals surface area contributed by atoms with E-state index in [9.17, 15) is 0 Å². The molecule has 62 valence electrons. The first-order valence-corrected chi connectivity index (χ1v) is 4.08. The van der Waals surface area contributed by atoms with Crippen molar-refractivity contribution >= 4 is 0 Å². The molecule has 0 radical (unpaired) electrons. The molecule has 0 aliphatic carbocycles. The van der Waals surface area contributed by atoms with Crippen molar-refractivity contribution in [3.8, 4) is 0 Å². The third kappa shape index (κ3) is 4.77. The zero-order valence-corrected chi connectivity index (χ0v) is 7.01. The minimum atomic E-state index is -0.117. The molecule has 0 aliphatic heterocycles. The van der Waals surface area contributed by atoms with Crippen LogP contribution in [0.15, 0.2) is 0 Å². The van der Waals surface area contributed by atoms with Crippen LogP contribution in [0.5, 0.6) is 0 Å². The van der Waals surface area contributed by atoms with E-state index in [1.807, 2.05) is 6.92 Å². The molecule has 0 saturated heterocycles. The van der Waals surface area contributed by atoms with Crippen molar-refractivity contribution in [2.24, 2.45) is 11.7 Å². The second kappa shape index (κ2) is 5.69. The molecule has 0 aliphatic rings. The molecule has 10 heavy (non-hydrogen) atoms. The van der Waals surface area contributed by atoms with Crippen LogP contribution in [0.2, 0.25) is 0 Å². The van der Waals surface area contributed by atoms with Gasteiger partial charge >= 0.3 is 0 Å². The van der Waals surface area contributed by atoms with E-state index in [0.29, 0.717) is 5.92 Å². The van der Waals surface area contributed by atoms with Crippen LogP contribution >= 0.6 is 0 Å². The summed E-state index contributed by atoms with van der Waals surface area (Å²) in [4.78, 5) is 0. The van der Waals surface area contributed by atoms with E-state index in [-0.39, 0.29) is 6.10 Å². The Morgan fingerprint density at radius 1 is 1.40 bits per heavy atom. The SMILES string of the molecule is CCC(O)CCC(C)CN. The van der Waals surface area contributed by atoms with Gasteiger partial charge in [-0.3, -0.25) is 0 Å². The molecule has 0 rings (SSSR count). The number of hydrogen-bond acceptors (Lipinski definition) is 2. The topological polar surface area (TPSA) is 46.2 Å². The van der Waals surface area contributed by atoms with E-state index in [1.54, 1.807) is 0 Å². The van der Waals surface area contributed by atoms with Gasteiger partial charge in [0.2, 0.25) is 0 Å². The van der Waals surface area contributed by atoms with Gasteiger partial charge in [0, 0.05) is 0 Å². The van der Waals surface area contributed by atoms with Crippen molar-refractivity contribution in [1.29, 1.82) is 0 Å². The fraction of sp³-hybridized carbons (Fsp3) is 1.00. The molecule has 0 heterocycles. The highest BCUT2D eigenvalue weighted by atomic mass is 16.3. The van der Waals surface area contributed by atoms with Gasteiger partial charge in [0.05, 0.1) is 6.10 Å². The molecule has 0 saturated carbocycles. The maximum atomic E-state index is 9.16. The fourth-order valence-corrected chi connectivity index (χ4v) is 0.799. The van der Waals surface area contributed by atoms with Gasteiger partial charge in [-0.15, -0.1) is 0 Å². The normalized spacial score (nSPS) is 16.8. The number of aliphatic hydroxyl groups excluding tert-OH is 1. The van der Waals surface area contributed by atoms with E-state index in [4.69, 9.17) is 10.8 Å². The van der Waals surface area contributed by atoms with Gasteiger partial charge < -0.3 is 10.8 Å². The van der Waals surface area contributed by atoms with Gasteiger partial charge in [-0.25, -0.2) is 0 Å². The number of hydrogen-bond donors (Lipinski definition) is 2. The molecule has 0 aromatic heterocycles. The Morgan fingerprint density at radius 2 is 2.00 bits per heavy atom. The maximum absolute atomic E-state index is 9.16. The molecule has 0 amide bonds. The van der Waals surface area contributed by atoms with E-state index < -0.39 is 0 Å². The molecule has 0 bridgehead atoms. The Hall–Kier alpha value is -0.0800. The average molecular weight is 145 g/mol. The minimum absolute atomic E-state index is 0.117. The van der Waals surface area contributed by atoms with Crippen LogP contribution in [0.4, 0.5) is 0 Å². The fourth-order valence-electron chi connectivity index (χ4n) is 0.799. The van der Waals surface area contributed by atoms with E-state index >= 15 is 0 Å². The number of aliphatic hydroxyl groups is 1. The molecule has 0 fully saturated rings. The highest BCUT2D eigenvalue weighted by Crippen LogP contribution is 2.07. The molecule has 3 N–H and O–H groups in total. The lowest BCUT2D eigenvalue weighted by atomic mass is 10.0. The third-order valence-corrected chi connectivity index (χ3v) is 1.87. The third-order valence-electron chi connectivity index (χ3n) is 1.87. The Balaban J connectivity index is 3.17. The zero-order chi connectivity index (χ0) is 7.98. The monoisotopic (exact) mass is 145 g/mol. The predicted octanol–water partition coefficient (Wildman–Crippen LogP) is 1.13. The second-order valence-electron chi connectivity index (χ2n) is 2.98. The minimum Gasteiger partial charge on any atom is -0.393 e. The summed E-state index contributed by atoms with van der Waals surface area (Å²) in [7, 11) is 0. The van der Waals surface area contributed by atoms with Gasteiger partial charge in [-0.2, -0.15) is 0 Å². The summed E-state index contributed by atoms with van der Waals surface area (Å²) in [5.41, 5.74) is 5.42. The molecule has 2 nitrogen and oxygen atoms in total. The van der Waals surface area contributed by atoms with E-state index in [0.717, 1.165) is 25.8 Å². The Morgan fingerprint density at radius 3 is 2.40 bits per heavy atom. The lowest BCUT2D eigenvalue weighted by molar-refractivity contribution is 0.152. The van der Waals surface area contributed by atoms with Gasteiger partial charge in [0.15, 0.2) is 0 Å². The molecule has 0 spiro atoms. The smallest absolute Gasteiger partial charge is 0.0537 e. The predicted molar refractivity (Wildman–Crippen MR) is 43.8 cm³/mol. The van der Waals surface area contributed by atoms with Crippen molar-refractivity contribution in [3.63, 3.8) is 0 Å². The summed E-state index contributed by atoms with van der Waals surface area (Å²) in [6.45, 7) is 4.84. The Labute approximate surface area is 63.4 Å². The standard InChI is InChI=1S/C8H19NO/c1-3-8(10)5-4-7(2)6-9/h7-8,10H,3-6,9H2,1-2H3. The molecular weight excluding hydrogens is 126 g/mol. The summed E-state index contributed by atoms with van der Waals surface area (Å²) < 4.78 is 0. The average Bonchev–Trinajstić information content (AvgIpc) is 1.99. The summed E-state index contributed by atoms with van der Waals surface area (Å²) in [6.07, 6.45) is 2.69. The van der Waals surface area contributed by atoms with Gasteiger partial charge in [0.25, 0.3) is 0 Å². The quantitative estimate of drug-likeness (QED) is 0.609. The van der Waals surface area contributed by atoms with Crippen molar-refractivity contribution in [2.75, 3.05) is 6.54 Å². The first kappa shape index (κ1) is 9.92. The summed E-state index contributed by atoms with van der Waals surface area (Å²) in [6, 6.07) is 0. The molecule has 0 aromatic carbocycles. The van der Waals surface area contributed by atoms with Crippen molar-refractivity contribution in [1.82, 2.24) is 0 Å². The van der Waals surface area contributed by atoms with Gasteiger partial charge in [-0.1, -0.05) is 13.8 Å². The largest absolute Gasteiger partial charge is 0.393 e. The number of rotatable bonds is 5. The maximum Gasteiger partial charge on any atom is 0.0537 e. The first-order chi connectivity index (χ1) is 4.70. The molecular formula is C8H19NO. The Kier molecular flexibility index (Phi) is 5.64. The van der Waals surface area contributed by atoms with Crippen LogP contribution in [0.1, 0.15) is 33.1 Å². The van der Waals surface area contributed by atoms with Crippen LogP contribution in [-0.4, -0.2) is 17.8 Å². The van der Waals surface area contributed by atoms with E-state index in [1.165, 1.54) is 0 Å². The van der Waals surface area contributed by atoms with Crippen molar-refractivity contribution < 1.29 is 5.11 Å². The van der Waals surface area contributed by atoms with Crippen LogP contribution in [-0.2, 0) is 0 Å².